The second-order valence-corrected chi connectivity index (χ2v) is 7.36. The van der Waals surface area contributed by atoms with E-state index in [1.165, 1.54) is 0 Å². The molecule has 2 heterocycles. The number of aromatic nitrogens is 2. The smallest absolute Gasteiger partial charge is 0.161 e. The Morgan fingerprint density at radius 1 is 0.613 bits per heavy atom. The first-order chi connectivity index (χ1) is 15.4. The molecule has 0 aliphatic rings. The van der Waals surface area contributed by atoms with E-state index in [4.69, 9.17) is 9.52 Å². The van der Waals surface area contributed by atoms with Gasteiger partial charge in [0.1, 0.15) is 17.1 Å². The van der Waals surface area contributed by atoms with E-state index in [1.807, 2.05) is 71.5 Å². The summed E-state index contributed by atoms with van der Waals surface area (Å²) in [7, 11) is 0. The minimum atomic E-state index is 0.828. The molecule has 148 valence electrons. The third-order valence-electron chi connectivity index (χ3n) is 5.49. The molecule has 0 bridgehead atoms. The van der Waals surface area contributed by atoms with Crippen LogP contribution in [0.25, 0.3) is 27.6 Å². The molecular weight excluding hydrogens is 382 g/mol. The summed E-state index contributed by atoms with van der Waals surface area (Å²) in [4.78, 5) is 2.20. The monoisotopic (exact) mass is 401 g/mol. The molecule has 0 amide bonds. The van der Waals surface area contributed by atoms with Crippen LogP contribution in [0.5, 0.6) is 0 Å². The van der Waals surface area contributed by atoms with Crippen molar-refractivity contribution in [2.24, 2.45) is 0 Å². The molecule has 2 aromatic heterocycles. The highest BCUT2D eigenvalue weighted by Crippen LogP contribution is 2.38. The Labute approximate surface area is 179 Å². The Morgan fingerprint density at radius 3 is 2.00 bits per heavy atom. The summed E-state index contributed by atoms with van der Waals surface area (Å²) < 4.78 is 8.22. The summed E-state index contributed by atoms with van der Waals surface area (Å²) in [5.41, 5.74) is 4.74. The van der Waals surface area contributed by atoms with Crippen molar-refractivity contribution in [1.29, 1.82) is 0 Å². The second-order valence-electron chi connectivity index (χ2n) is 7.36. The maximum atomic E-state index is 6.27. The Balaban J connectivity index is 1.60. The summed E-state index contributed by atoms with van der Waals surface area (Å²) in [6.45, 7) is 0. The molecule has 4 nitrogen and oxygen atoms in total. The van der Waals surface area contributed by atoms with Gasteiger partial charge in [0, 0.05) is 28.2 Å². The number of hydrogen-bond acceptors (Lipinski definition) is 3. The van der Waals surface area contributed by atoms with Crippen LogP contribution in [-0.2, 0) is 0 Å². The van der Waals surface area contributed by atoms with Crippen LogP contribution < -0.4 is 4.90 Å². The second kappa shape index (κ2) is 7.18. The number of anilines is 3. The Kier molecular flexibility index (Phi) is 4.06. The van der Waals surface area contributed by atoms with Crippen molar-refractivity contribution in [3.05, 3.63) is 115 Å². The van der Waals surface area contributed by atoms with Crippen LogP contribution in [0.4, 0.5) is 17.2 Å². The minimum Gasteiger partial charge on any atom is -0.454 e. The lowest BCUT2D eigenvalue weighted by Crippen LogP contribution is -2.14. The number of para-hydroxylation sites is 4. The van der Waals surface area contributed by atoms with Crippen molar-refractivity contribution in [3.63, 3.8) is 0 Å². The fourth-order valence-corrected chi connectivity index (χ4v) is 4.12. The zero-order valence-corrected chi connectivity index (χ0v) is 16.7. The van der Waals surface area contributed by atoms with Crippen LogP contribution in [0.3, 0.4) is 0 Å². The summed E-state index contributed by atoms with van der Waals surface area (Å²) >= 11 is 0. The minimum absolute atomic E-state index is 0.828. The van der Waals surface area contributed by atoms with Gasteiger partial charge in [-0.25, -0.2) is 4.68 Å². The first-order valence-corrected chi connectivity index (χ1v) is 10.2. The van der Waals surface area contributed by atoms with Crippen LogP contribution in [0.15, 0.2) is 120 Å². The van der Waals surface area contributed by atoms with E-state index in [0.29, 0.717) is 0 Å². The van der Waals surface area contributed by atoms with E-state index in [0.717, 1.165) is 44.8 Å². The number of fused-ring (bicyclic) bond motifs is 3. The highest BCUT2D eigenvalue weighted by atomic mass is 16.3. The maximum absolute atomic E-state index is 6.27. The highest BCUT2D eigenvalue weighted by molar-refractivity contribution is 6.07. The molecule has 0 spiro atoms. The molecule has 0 atom stereocenters. The first-order valence-electron chi connectivity index (χ1n) is 10.2. The number of rotatable bonds is 4. The first kappa shape index (κ1) is 17.5. The van der Waals surface area contributed by atoms with Crippen molar-refractivity contribution in [2.45, 2.75) is 0 Å². The number of furan rings is 1. The van der Waals surface area contributed by atoms with Crippen molar-refractivity contribution in [1.82, 2.24) is 9.78 Å². The molecule has 31 heavy (non-hydrogen) atoms. The summed E-state index contributed by atoms with van der Waals surface area (Å²) in [5, 5.41) is 6.88. The molecule has 0 fully saturated rings. The van der Waals surface area contributed by atoms with E-state index >= 15 is 0 Å². The number of benzene rings is 4. The Bertz CT molecular complexity index is 1440. The molecule has 0 saturated heterocycles. The predicted octanol–water partition coefficient (Wildman–Crippen LogP) is 7.24. The molecule has 4 heteroatoms. The van der Waals surface area contributed by atoms with Crippen molar-refractivity contribution < 1.29 is 4.42 Å². The molecule has 6 rings (SSSR count). The van der Waals surface area contributed by atoms with Gasteiger partial charge in [0.25, 0.3) is 0 Å². The van der Waals surface area contributed by atoms with Crippen LogP contribution in [0.1, 0.15) is 0 Å². The summed E-state index contributed by atoms with van der Waals surface area (Å²) in [5.74, 6) is 0.936. The van der Waals surface area contributed by atoms with E-state index in [9.17, 15) is 0 Å². The van der Waals surface area contributed by atoms with Gasteiger partial charge in [-0.05, 0) is 36.4 Å². The van der Waals surface area contributed by atoms with Crippen molar-refractivity contribution in [2.75, 3.05) is 4.90 Å². The highest BCUT2D eigenvalue weighted by Gasteiger charge is 2.20. The molecule has 0 N–H and O–H groups in total. The lowest BCUT2D eigenvalue weighted by atomic mass is 10.1. The third kappa shape index (κ3) is 2.89. The zero-order chi connectivity index (χ0) is 20.6. The molecule has 0 aliphatic heterocycles. The molecule has 6 aromatic rings. The van der Waals surface area contributed by atoms with Crippen molar-refractivity contribution in [3.8, 4) is 5.69 Å². The predicted molar refractivity (Wildman–Crippen MR) is 126 cm³/mol. The van der Waals surface area contributed by atoms with Crippen LogP contribution in [0, 0.1) is 0 Å². The molecule has 0 unspecified atom stereocenters. The van der Waals surface area contributed by atoms with Gasteiger partial charge in [0.15, 0.2) is 5.58 Å². The number of nitrogens with zero attached hydrogens (tertiary/aromatic N) is 3. The molecule has 0 aliphatic carbocycles. The van der Waals surface area contributed by atoms with E-state index < -0.39 is 0 Å². The average Bonchev–Trinajstić information content (AvgIpc) is 3.46. The van der Waals surface area contributed by atoms with Gasteiger partial charge in [-0.3, -0.25) is 4.90 Å². The van der Waals surface area contributed by atoms with Gasteiger partial charge in [-0.2, -0.15) is 5.10 Å². The van der Waals surface area contributed by atoms with E-state index in [-0.39, 0.29) is 0 Å². The topological polar surface area (TPSA) is 34.2 Å². The summed E-state index contributed by atoms with van der Waals surface area (Å²) in [6, 6.07) is 37.0. The SMILES string of the molecule is c1ccc(N(c2ccccc2)c2ccnn2-c2cccc3c2oc2ccccc23)cc1. The molecule has 0 radical (unpaired) electrons. The standard InChI is InChI=1S/C27H19N3O/c1-3-10-20(11-4-1)29(21-12-5-2-6-13-21)26-18-19-28-30(26)24-16-9-15-23-22-14-7-8-17-25(22)31-27(23)24/h1-19H. The maximum Gasteiger partial charge on any atom is 0.161 e. The Morgan fingerprint density at radius 2 is 1.26 bits per heavy atom. The van der Waals surface area contributed by atoms with Crippen LogP contribution in [-0.4, -0.2) is 9.78 Å². The van der Waals surface area contributed by atoms with Crippen LogP contribution in [0.2, 0.25) is 0 Å². The van der Waals surface area contributed by atoms with E-state index in [2.05, 4.69) is 53.4 Å². The van der Waals surface area contributed by atoms with Crippen molar-refractivity contribution >= 4 is 39.1 Å². The quantitative estimate of drug-likeness (QED) is 0.312. The normalized spacial score (nSPS) is 11.2. The summed E-state index contributed by atoms with van der Waals surface area (Å²) in [6.07, 6.45) is 1.83. The zero-order valence-electron chi connectivity index (χ0n) is 16.7. The molecular formula is C27H19N3O. The van der Waals surface area contributed by atoms with Gasteiger partial charge in [-0.15, -0.1) is 0 Å². The van der Waals surface area contributed by atoms with Gasteiger partial charge in [0.2, 0.25) is 0 Å². The molecule has 4 aromatic carbocycles. The fourth-order valence-electron chi connectivity index (χ4n) is 4.12. The Hall–Kier alpha value is -4.31. The van der Waals surface area contributed by atoms with Gasteiger partial charge >= 0.3 is 0 Å². The molecule has 0 saturated carbocycles. The van der Waals surface area contributed by atoms with Gasteiger partial charge in [0.05, 0.1) is 6.20 Å². The fraction of sp³-hybridized carbons (Fsp3) is 0. The lowest BCUT2D eigenvalue weighted by Gasteiger charge is -2.25. The van der Waals surface area contributed by atoms with E-state index in [1.54, 1.807) is 0 Å². The average molecular weight is 401 g/mol. The lowest BCUT2D eigenvalue weighted by molar-refractivity contribution is 0.662. The third-order valence-corrected chi connectivity index (χ3v) is 5.49. The van der Waals surface area contributed by atoms with Gasteiger partial charge in [-0.1, -0.05) is 66.7 Å². The van der Waals surface area contributed by atoms with Crippen LogP contribution >= 0.6 is 0 Å². The van der Waals surface area contributed by atoms with Gasteiger partial charge < -0.3 is 4.42 Å². The number of hydrogen-bond donors (Lipinski definition) is 0. The largest absolute Gasteiger partial charge is 0.454 e.